The van der Waals surface area contributed by atoms with Gasteiger partial charge in [-0.25, -0.2) is 54.8 Å². The molecule has 0 amide bonds. The van der Waals surface area contributed by atoms with Crippen LogP contribution in [0, 0.1) is 6.92 Å². The number of anilines is 3. The summed E-state index contributed by atoms with van der Waals surface area (Å²) in [4.78, 5) is 97.0. The Morgan fingerprint density at radius 1 is 0.427 bits per heavy atom. The van der Waals surface area contributed by atoms with E-state index in [1.165, 1.54) is 36.4 Å². The van der Waals surface area contributed by atoms with Crippen LogP contribution >= 0.6 is 109 Å². The molecule has 0 bridgehead atoms. The van der Waals surface area contributed by atoms with Crippen molar-refractivity contribution in [3.63, 3.8) is 0 Å². The number of aryl methyl sites for hydroxylation is 1. The summed E-state index contributed by atoms with van der Waals surface area (Å²) >= 11 is 49.4. The summed E-state index contributed by atoms with van der Waals surface area (Å²) in [5.74, 6) is 2.34. The van der Waals surface area contributed by atoms with Crippen molar-refractivity contribution in [2.75, 3.05) is 47.4 Å². The third-order valence-corrected chi connectivity index (χ3v) is 17.1. The normalized spacial score (nSPS) is 14.2. The number of halogens is 9. The lowest BCUT2D eigenvalue weighted by atomic mass is 10.0. The molecule has 9 aromatic heterocycles. The summed E-state index contributed by atoms with van der Waals surface area (Å²) in [5, 5.41) is 3.20. The maximum atomic E-state index is 11.8. The van der Waals surface area contributed by atoms with E-state index in [0.717, 1.165) is 140 Å². The highest BCUT2D eigenvalue weighted by Gasteiger charge is 2.26. The summed E-state index contributed by atoms with van der Waals surface area (Å²) in [6.45, 7) is 10.5. The first-order chi connectivity index (χ1) is 46.3. The van der Waals surface area contributed by atoms with Crippen LogP contribution in [0.1, 0.15) is 67.5 Å². The summed E-state index contributed by atoms with van der Waals surface area (Å²) in [5.41, 5.74) is 11.6. The van der Waals surface area contributed by atoms with Gasteiger partial charge in [0.1, 0.15) is 40.4 Å². The van der Waals surface area contributed by atoms with Crippen molar-refractivity contribution in [1.82, 2.24) is 80.0 Å². The third kappa shape index (κ3) is 21.1. The number of aromatic amines is 3. The molecule has 0 spiro atoms. The number of rotatable bonds is 5. The molecule has 14 heterocycles. The number of hydrogen-bond donors (Lipinski definition) is 4. The maximum Gasteiger partial charge on any atom is 0.339 e. The standard InChI is InChI=1S/C14H15N3O.C13H13ClN4.C12H10Cl2N4.C12H11ClN4O.C7H9N3O.C5H3Cl2N.Cl3OP/c18-14-12-9-17(7-6-13(12)15-10-16-14)8-11-4-2-1-3-5-11;1-9-10-7-18(6-4-12(10)17-8-16-9)13-11(14)3-2-5-15-13;13-9-2-1-4-15-12(9)18-5-3-10-8(6-18)11(14)17-7-16-10;13-9-2-1-4-14-11(9)17-5-3-10-8(6-17)12(18)16-7-15-10;11-7-5-3-8-2-1-6(5)9-4-10-7;6-4-2-1-3-8-5(4)7;1-5(2,3)4/h1-5,10H,6-9H2,(H,15,16,18);2-3,5,8H,4,6-7H2,1H3;1-2,4,7H,3,5-6H2;1-2,4,7H,3,5-6H2,(H,15,16,18);4,8H,1-3H2,(H,9,10,11);1-3H;. The molecule has 96 heavy (non-hydrogen) atoms. The predicted molar refractivity (Wildman–Crippen MR) is 379 cm³/mol. The second-order valence-corrected chi connectivity index (χ2v) is 30.4. The lowest BCUT2D eigenvalue weighted by molar-refractivity contribution is 0.241. The molecule has 4 N–H and O–H groups in total. The number of nitrogens with zero attached hydrogens (tertiary/aromatic N) is 15. The molecule has 0 aliphatic carbocycles. The van der Waals surface area contributed by atoms with E-state index in [2.05, 4.69) is 136 Å². The molecule has 0 radical (unpaired) electrons. The first-order valence-electron chi connectivity index (χ1n) is 29.7. The van der Waals surface area contributed by atoms with Crippen LogP contribution in [0.2, 0.25) is 30.4 Å². The largest absolute Gasteiger partial charge is 0.351 e. The van der Waals surface area contributed by atoms with Gasteiger partial charge in [0, 0.05) is 139 Å². The Labute approximate surface area is 596 Å². The number of nitrogens with one attached hydrogen (secondary N) is 4. The number of pyridine rings is 4. The smallest absolute Gasteiger partial charge is 0.339 e. The summed E-state index contributed by atoms with van der Waals surface area (Å²) in [6, 6.07) is 24.7. The fourth-order valence-electron chi connectivity index (χ4n) is 10.6. The molecule has 0 atom stereocenters. The van der Waals surface area contributed by atoms with E-state index < -0.39 is 5.20 Å². The molecule has 1 aromatic carbocycles. The molecular weight excluding hydrogens is 1440 g/mol. The number of aromatic nitrogens is 14. The number of hydrogen-bond acceptors (Lipinski definition) is 20. The number of H-pyrrole nitrogens is 3. The van der Waals surface area contributed by atoms with Crippen LogP contribution in [0.5, 0.6) is 0 Å². The molecule has 0 saturated carbocycles. The molecule has 5 aliphatic rings. The second-order valence-electron chi connectivity index (χ2n) is 21.4. The highest BCUT2D eigenvalue weighted by molar-refractivity contribution is 8.24. The molecule has 33 heteroatoms. The van der Waals surface area contributed by atoms with Crippen LogP contribution in [0.3, 0.4) is 0 Å². The minimum Gasteiger partial charge on any atom is -0.351 e. The minimum atomic E-state index is -3.22. The zero-order chi connectivity index (χ0) is 68.1. The Bertz CT molecular complexity index is 4350. The fraction of sp³-hybridized carbons (Fsp3) is 0.270. The Morgan fingerprint density at radius 2 is 0.844 bits per heavy atom. The van der Waals surface area contributed by atoms with Crippen molar-refractivity contribution in [3.8, 4) is 0 Å². The first-order valence-corrected chi connectivity index (χ1v) is 36.4. The monoisotopic (exact) mass is 1490 g/mol. The zero-order valence-corrected chi connectivity index (χ0v) is 58.9. The van der Waals surface area contributed by atoms with Gasteiger partial charge in [0.15, 0.2) is 0 Å². The lowest BCUT2D eigenvalue weighted by Crippen LogP contribution is -2.36. The first kappa shape index (κ1) is 73.0. The van der Waals surface area contributed by atoms with Gasteiger partial charge < -0.3 is 35.0 Å². The SMILES string of the molecule is Cc1ncnc2c1CN(c1ncccc1Cl)CC2.Clc1cccnc1Cl.Clc1cccnc1N1CCc2ncnc(Cl)c2C1.O=P(Cl)(Cl)Cl.O=c1[nH]cnc2c1CN(Cc1ccccc1)CC2.O=c1[nH]cnc2c1CN(c1ncccc1Cl)CC2.O=c1[nH]cnc2c1CNCC2. The summed E-state index contributed by atoms with van der Waals surface area (Å²) < 4.78 is 9.51. The third-order valence-electron chi connectivity index (χ3n) is 15.2. The van der Waals surface area contributed by atoms with E-state index in [-0.39, 0.29) is 16.7 Å². The quantitative estimate of drug-likeness (QED) is 0.0707. The molecule has 5 aliphatic heterocycles. The maximum absolute atomic E-state index is 11.8. The van der Waals surface area contributed by atoms with Gasteiger partial charge in [-0.1, -0.05) is 99.9 Å². The Hall–Kier alpha value is -7.22. The molecule has 0 fully saturated rings. The lowest BCUT2D eigenvalue weighted by Gasteiger charge is -2.30. The second kappa shape index (κ2) is 35.9. The average Bonchev–Trinajstić information content (AvgIpc) is 0.865. The predicted octanol–water partition coefficient (Wildman–Crippen LogP) is 12.5. The van der Waals surface area contributed by atoms with E-state index in [0.29, 0.717) is 68.0 Å². The van der Waals surface area contributed by atoms with Crippen molar-refractivity contribution < 1.29 is 4.57 Å². The number of fused-ring (bicyclic) bond motifs is 5. The van der Waals surface area contributed by atoms with E-state index in [9.17, 15) is 18.9 Å². The van der Waals surface area contributed by atoms with E-state index in [1.54, 1.807) is 55.4 Å². The van der Waals surface area contributed by atoms with Gasteiger partial charge in [-0.15, -0.1) is 0 Å². The highest BCUT2D eigenvalue weighted by Crippen LogP contribution is 2.61. The van der Waals surface area contributed by atoms with Gasteiger partial charge in [-0.2, -0.15) is 0 Å². The molecule has 10 aromatic rings. The van der Waals surface area contributed by atoms with Crippen LogP contribution in [-0.2, 0) is 75.9 Å². The van der Waals surface area contributed by atoms with Crippen LogP contribution in [-0.4, -0.2) is 107 Å². The summed E-state index contributed by atoms with van der Waals surface area (Å²) in [6.07, 6.45) is 18.5. The van der Waals surface area contributed by atoms with Crippen molar-refractivity contribution in [3.05, 3.63) is 264 Å². The molecule has 500 valence electrons. The fourth-order valence-corrected chi connectivity index (χ4v) is 11.7. The molecular formula is C63H61Cl9N19O4P. The van der Waals surface area contributed by atoms with Gasteiger partial charge in [-0.05, 0) is 94.7 Å². The highest BCUT2D eigenvalue weighted by atomic mass is 36.0. The zero-order valence-electron chi connectivity index (χ0n) is 51.2. The van der Waals surface area contributed by atoms with Gasteiger partial charge in [-0.3, -0.25) is 23.8 Å². The van der Waals surface area contributed by atoms with Crippen LogP contribution < -0.4 is 36.7 Å². The van der Waals surface area contributed by atoms with Crippen molar-refractivity contribution in [2.45, 2.75) is 78.3 Å². The molecule has 0 saturated heterocycles. The topological polar surface area (TPSA) is 282 Å². The van der Waals surface area contributed by atoms with E-state index in [1.807, 2.05) is 54.3 Å². The van der Waals surface area contributed by atoms with Gasteiger partial charge in [0.25, 0.3) is 16.7 Å². The van der Waals surface area contributed by atoms with Crippen molar-refractivity contribution in [2.24, 2.45) is 0 Å². The van der Waals surface area contributed by atoms with Crippen molar-refractivity contribution >= 4 is 126 Å². The van der Waals surface area contributed by atoms with E-state index >= 15 is 0 Å². The Morgan fingerprint density at radius 3 is 1.32 bits per heavy atom. The van der Waals surface area contributed by atoms with Crippen molar-refractivity contribution in [1.29, 1.82) is 0 Å². The average molecular weight is 1500 g/mol. The molecule has 0 unspecified atom stereocenters. The number of benzene rings is 1. The van der Waals surface area contributed by atoms with Gasteiger partial charge >= 0.3 is 5.20 Å². The Kier molecular flexibility index (Phi) is 27.3. The Balaban J connectivity index is 0.000000135. The minimum absolute atomic E-state index is 0.00207. The van der Waals surface area contributed by atoms with E-state index in [4.69, 9.17) is 69.6 Å². The van der Waals surface area contributed by atoms with Crippen LogP contribution in [0.25, 0.3) is 0 Å². The summed E-state index contributed by atoms with van der Waals surface area (Å²) in [7, 11) is 0. The van der Waals surface area contributed by atoms with Crippen LogP contribution in [0.4, 0.5) is 17.5 Å². The molecule has 23 nitrogen and oxygen atoms in total. The van der Waals surface area contributed by atoms with Gasteiger partial charge in [0.05, 0.1) is 90.8 Å². The van der Waals surface area contributed by atoms with Crippen LogP contribution in [0.15, 0.2) is 150 Å². The molecule has 15 rings (SSSR count). The van der Waals surface area contributed by atoms with Gasteiger partial charge in [0.2, 0.25) is 0 Å².